The molecule has 0 saturated carbocycles. The van der Waals surface area contributed by atoms with Crippen LogP contribution in [-0.4, -0.2) is 75.0 Å². The molecule has 0 radical (unpaired) electrons. The summed E-state index contributed by atoms with van der Waals surface area (Å²) < 4.78 is 42.4. The highest BCUT2D eigenvalue weighted by Gasteiger charge is 2.35. The molecule has 0 aromatic heterocycles. The summed E-state index contributed by atoms with van der Waals surface area (Å²) >= 11 is 0. The maximum Gasteiger partial charge on any atom is 0.220 e. The topological polar surface area (TPSA) is 427 Å². The zero-order valence-electron chi connectivity index (χ0n) is 46.3. The van der Waals surface area contributed by atoms with Gasteiger partial charge in [0.1, 0.15) is 34.5 Å². The monoisotopic (exact) mass is 1140 g/mol. The van der Waals surface area contributed by atoms with Crippen LogP contribution in [-0.2, 0) is 38.5 Å². The first kappa shape index (κ1) is 60.6. The molecule has 24 heteroatoms. The lowest BCUT2D eigenvalue weighted by Crippen LogP contribution is -2.31. The van der Waals surface area contributed by atoms with Gasteiger partial charge in [0.25, 0.3) is 0 Å². The van der Waals surface area contributed by atoms with Crippen LogP contribution in [0.1, 0.15) is 33.4 Å². The number of rotatable bonds is 30. The van der Waals surface area contributed by atoms with Gasteiger partial charge in [-0.25, -0.2) is 0 Å². The third-order valence-electron chi connectivity index (χ3n) is 12.5. The fourth-order valence-electron chi connectivity index (χ4n) is 8.28. The van der Waals surface area contributed by atoms with Gasteiger partial charge in [-0.05, 0) is 145 Å². The highest BCUT2D eigenvalue weighted by Crippen LogP contribution is 2.63. The predicted octanol–water partition coefficient (Wildman–Crippen LogP) is 6.59. The summed E-state index contributed by atoms with van der Waals surface area (Å²) in [5.41, 5.74) is 39.1. The molecule has 0 bridgehead atoms. The van der Waals surface area contributed by atoms with Crippen LogP contribution in [0.25, 0.3) is 0 Å². The third kappa shape index (κ3) is 19.6. The Morgan fingerprint density at radius 2 is 0.345 bits per heavy atom. The van der Waals surface area contributed by atoms with E-state index in [0.29, 0.717) is 112 Å². The minimum atomic E-state index is -0.135. The van der Waals surface area contributed by atoms with Crippen molar-refractivity contribution in [3.05, 3.63) is 179 Å². The van der Waals surface area contributed by atoms with Crippen LogP contribution in [0.4, 0.5) is 0 Å². The van der Waals surface area contributed by atoms with E-state index in [1.54, 1.807) is 72.8 Å². The molecule has 0 aliphatic rings. The molecule has 7 aromatic rings. The van der Waals surface area contributed by atoms with E-state index >= 15 is 0 Å². The summed E-state index contributed by atoms with van der Waals surface area (Å²) in [6.45, 7) is 2.58. The molecular formula is C60H72N18O6. The minimum absolute atomic E-state index is 0.00925. The van der Waals surface area contributed by atoms with E-state index in [0.717, 1.165) is 33.4 Å². The van der Waals surface area contributed by atoms with Gasteiger partial charge in [-0.15, -0.1) is 0 Å². The molecule has 0 aliphatic heterocycles. The van der Waals surface area contributed by atoms with Crippen molar-refractivity contribution in [1.82, 2.24) is 31.9 Å². The van der Waals surface area contributed by atoms with E-state index in [1.807, 2.05) is 72.8 Å². The van der Waals surface area contributed by atoms with E-state index < -0.39 is 0 Å². The molecular weight excluding hydrogens is 1070 g/mol. The SMILES string of the molecule is N=C(N)NCCc1ccc(Oc2c(Oc3ccc(CCNC(=N)N)cc3)c(Oc3ccc(CCNC(=N)N)cc3)c(Oc3ccc(CCNC(=N)N)cc3)c(Oc3ccc(CCNC(=N)N)cc3)c2Oc2ccc(CCNC(=N)N)cc2)cc1. The zero-order chi connectivity index (χ0) is 59.8. The molecule has 0 unspecified atom stereocenters. The number of hydrogen-bond donors (Lipinski definition) is 18. The highest BCUT2D eigenvalue weighted by molar-refractivity contribution is 5.78. The summed E-state index contributed by atoms with van der Waals surface area (Å²) in [6, 6.07) is 44.3. The Balaban J connectivity index is 1.49. The Labute approximate surface area is 486 Å². The molecule has 0 aliphatic carbocycles. The third-order valence-corrected chi connectivity index (χ3v) is 12.5. The highest BCUT2D eigenvalue weighted by atomic mass is 16.6. The van der Waals surface area contributed by atoms with Crippen molar-refractivity contribution in [3.8, 4) is 69.0 Å². The van der Waals surface area contributed by atoms with Crippen molar-refractivity contribution < 1.29 is 28.4 Å². The van der Waals surface area contributed by atoms with Crippen molar-refractivity contribution in [1.29, 1.82) is 32.5 Å². The normalized spacial score (nSPS) is 10.6. The Hall–Kier alpha value is -11.0. The molecule has 7 aromatic carbocycles. The van der Waals surface area contributed by atoms with Gasteiger partial charge >= 0.3 is 0 Å². The van der Waals surface area contributed by atoms with Crippen LogP contribution >= 0.6 is 0 Å². The van der Waals surface area contributed by atoms with Crippen LogP contribution in [0.5, 0.6) is 69.0 Å². The summed E-state index contributed by atoms with van der Waals surface area (Å²) in [6.07, 6.45) is 3.34. The van der Waals surface area contributed by atoms with E-state index in [1.165, 1.54) is 0 Å². The number of benzene rings is 7. The second-order valence-electron chi connectivity index (χ2n) is 19.0. The van der Waals surface area contributed by atoms with Gasteiger partial charge < -0.3 is 94.7 Å². The Morgan fingerprint density at radius 3 is 0.452 bits per heavy atom. The van der Waals surface area contributed by atoms with Gasteiger partial charge in [0.15, 0.2) is 35.8 Å². The lowest BCUT2D eigenvalue weighted by atomic mass is 10.1. The first-order chi connectivity index (χ1) is 40.5. The van der Waals surface area contributed by atoms with Crippen LogP contribution in [0, 0.1) is 32.5 Å². The molecule has 0 spiro atoms. The van der Waals surface area contributed by atoms with Crippen molar-refractivity contribution in [2.75, 3.05) is 39.3 Å². The van der Waals surface area contributed by atoms with E-state index in [4.69, 9.17) is 95.3 Å². The number of ether oxygens (including phenoxy) is 6. The molecule has 0 heterocycles. The molecule has 0 saturated heterocycles. The van der Waals surface area contributed by atoms with Crippen molar-refractivity contribution >= 4 is 35.8 Å². The maximum absolute atomic E-state index is 7.64. The molecule has 7 rings (SSSR count). The lowest BCUT2D eigenvalue weighted by molar-refractivity contribution is 0.326. The van der Waals surface area contributed by atoms with Crippen molar-refractivity contribution in [3.63, 3.8) is 0 Å². The Morgan fingerprint density at radius 1 is 0.226 bits per heavy atom. The number of hydrogen-bond acceptors (Lipinski definition) is 12. The van der Waals surface area contributed by atoms with Gasteiger partial charge in [0.2, 0.25) is 34.5 Å². The fraction of sp³-hybridized carbons (Fsp3) is 0.200. The van der Waals surface area contributed by atoms with Gasteiger partial charge in [0, 0.05) is 39.3 Å². The second-order valence-corrected chi connectivity index (χ2v) is 19.0. The molecule has 24 N–H and O–H groups in total. The van der Waals surface area contributed by atoms with Crippen molar-refractivity contribution in [2.45, 2.75) is 38.5 Å². The second kappa shape index (κ2) is 30.5. The number of nitrogens with one attached hydrogen (secondary N) is 12. The first-order valence-corrected chi connectivity index (χ1v) is 26.9. The Kier molecular flexibility index (Phi) is 22.0. The van der Waals surface area contributed by atoms with E-state index in [9.17, 15) is 0 Å². The largest absolute Gasteiger partial charge is 0.449 e. The van der Waals surface area contributed by atoms with Gasteiger partial charge in [0.05, 0.1) is 0 Å². The standard InChI is InChI=1S/C60H72N18O6/c61-55(62)73-31-25-37-1-13-43(14-2-37)79-49-50(80-44-15-3-38(4-16-44)26-32-74-56(63)64)52(82-46-19-7-40(8-20-46)28-34-76-58(67)68)54(84-48-23-11-42(12-24-48)30-36-78-60(71)72)53(83-47-21-9-41(10-22-47)29-35-77-59(69)70)51(49)81-45-17-5-39(6-18-45)27-33-75-57(65)66/h1-24H,25-36H2,(H4,61,62,73)(H4,63,64,74)(H4,65,66,75)(H4,67,68,76)(H4,69,70,77)(H4,71,72,78). The molecule has 438 valence electrons. The summed E-state index contributed by atoms with van der Waals surface area (Å²) in [7, 11) is 0. The summed E-state index contributed by atoms with van der Waals surface area (Å²) in [5, 5.41) is 62.9. The molecule has 0 amide bonds. The zero-order valence-corrected chi connectivity index (χ0v) is 46.3. The van der Waals surface area contributed by atoms with Gasteiger partial charge in [-0.3, -0.25) is 32.5 Å². The van der Waals surface area contributed by atoms with Crippen LogP contribution in [0.2, 0.25) is 0 Å². The lowest BCUT2D eigenvalue weighted by Gasteiger charge is -2.25. The summed E-state index contributed by atoms with van der Waals surface area (Å²) in [4.78, 5) is 0. The average molecular weight is 1140 g/mol. The summed E-state index contributed by atoms with van der Waals surface area (Å²) in [5.74, 6) is 1.42. The average Bonchev–Trinajstić information content (AvgIpc) is 3.65. The molecule has 24 nitrogen and oxygen atoms in total. The molecule has 0 atom stereocenters. The number of nitrogens with two attached hydrogens (primary N) is 6. The minimum Gasteiger partial charge on any atom is -0.449 e. The Bertz CT molecular complexity index is 2750. The van der Waals surface area contributed by atoms with E-state index in [2.05, 4.69) is 31.9 Å². The smallest absolute Gasteiger partial charge is 0.220 e. The van der Waals surface area contributed by atoms with E-state index in [-0.39, 0.29) is 70.3 Å². The fourth-order valence-corrected chi connectivity index (χ4v) is 8.28. The van der Waals surface area contributed by atoms with Gasteiger partial charge in [-0.2, -0.15) is 0 Å². The predicted molar refractivity (Wildman–Crippen MR) is 327 cm³/mol. The first-order valence-electron chi connectivity index (χ1n) is 26.9. The quantitative estimate of drug-likeness (QED) is 0.0167. The van der Waals surface area contributed by atoms with Gasteiger partial charge in [-0.1, -0.05) is 72.8 Å². The van der Waals surface area contributed by atoms with Crippen LogP contribution < -0.4 is 94.7 Å². The number of guanidine groups is 6. The van der Waals surface area contributed by atoms with Crippen LogP contribution in [0.3, 0.4) is 0 Å². The maximum atomic E-state index is 7.64. The molecule has 0 fully saturated rings. The van der Waals surface area contributed by atoms with Crippen molar-refractivity contribution in [2.24, 2.45) is 34.4 Å². The molecule has 84 heavy (non-hydrogen) atoms. The van der Waals surface area contributed by atoms with Crippen LogP contribution in [0.15, 0.2) is 146 Å².